The van der Waals surface area contributed by atoms with Crippen LogP contribution in [0, 0.1) is 11.3 Å². The Hall–Kier alpha value is -2.98. The van der Waals surface area contributed by atoms with Crippen LogP contribution in [0.5, 0.6) is 5.75 Å². The number of hydrogen-bond acceptors (Lipinski definition) is 8. The topological polar surface area (TPSA) is 102 Å². The highest BCUT2D eigenvalue weighted by molar-refractivity contribution is 7.98. The maximum Gasteiger partial charge on any atom is 0.333 e. The van der Waals surface area contributed by atoms with Crippen LogP contribution in [0.2, 0.25) is 0 Å². The number of unbranched alkanes of at least 4 members (excludes halogenated alkanes) is 2. The van der Waals surface area contributed by atoms with Crippen molar-refractivity contribution >= 4 is 50.5 Å². The predicted molar refractivity (Wildman–Crippen MR) is 175 cm³/mol. The van der Waals surface area contributed by atoms with Crippen molar-refractivity contribution in [1.82, 2.24) is 0 Å². The fourth-order valence-electron chi connectivity index (χ4n) is 5.32. The Morgan fingerprint density at radius 3 is 2.28 bits per heavy atom. The number of anilines is 3. The lowest BCUT2D eigenvalue weighted by Crippen LogP contribution is -2.38. The molecule has 1 amide bonds. The molecule has 1 heterocycles. The summed E-state index contributed by atoms with van der Waals surface area (Å²) in [6.45, 7) is 10.5. The molecule has 10 heteroatoms. The van der Waals surface area contributed by atoms with Crippen LogP contribution in [0.25, 0.3) is 0 Å². The molecule has 0 aliphatic carbocycles. The first-order valence-electron chi connectivity index (χ1n) is 15.1. The van der Waals surface area contributed by atoms with Crippen molar-refractivity contribution in [3.05, 3.63) is 48.7 Å². The van der Waals surface area contributed by atoms with Gasteiger partial charge in [0, 0.05) is 35.3 Å². The maximum atomic E-state index is 14.2. The molecule has 0 spiro atoms. The van der Waals surface area contributed by atoms with Crippen molar-refractivity contribution in [1.29, 1.82) is 0 Å². The lowest BCUT2D eigenvalue weighted by molar-refractivity contribution is -0.137. The fourth-order valence-corrected chi connectivity index (χ4v) is 7.97. The SMILES string of the molecule is CCCCC1(CCCC)CN(c2ccc(NC(=O)C(C)C)cc2)c2cc(SC)c(O/C=C/C(=O)OCC)cc2S(=O)(=O)C1. The average Bonchev–Trinajstić information content (AvgIpc) is 3.07. The standard InChI is InChI=1S/C33H46N2O6S2/c1-7-10-17-33(18-11-8-2)22-35(26-14-12-25(13-15-26)34-32(37)24(4)5)27-20-29(42-6)28(21-30(27)43(38,39)23-33)41-19-16-31(36)40-9-3/h12-16,19-21,24H,7-11,17-18,22-23H2,1-6H3,(H,34,37)/b19-16+. The molecule has 1 aliphatic heterocycles. The first-order chi connectivity index (χ1) is 20.5. The third-order valence-corrected chi connectivity index (χ3v) is 10.4. The van der Waals surface area contributed by atoms with E-state index in [-0.39, 0.29) is 29.1 Å². The highest BCUT2D eigenvalue weighted by Gasteiger charge is 2.42. The van der Waals surface area contributed by atoms with Crippen molar-refractivity contribution in [2.75, 3.05) is 35.4 Å². The van der Waals surface area contributed by atoms with Gasteiger partial charge in [0.1, 0.15) is 5.75 Å². The van der Waals surface area contributed by atoms with Gasteiger partial charge in [-0.15, -0.1) is 11.8 Å². The molecule has 8 nitrogen and oxygen atoms in total. The van der Waals surface area contributed by atoms with Gasteiger partial charge in [0.15, 0.2) is 9.84 Å². The summed E-state index contributed by atoms with van der Waals surface area (Å²) in [6.07, 6.45) is 9.75. The Morgan fingerprint density at radius 1 is 1.07 bits per heavy atom. The molecule has 1 aliphatic rings. The normalized spacial score (nSPS) is 15.7. The highest BCUT2D eigenvalue weighted by Crippen LogP contribution is 2.48. The van der Waals surface area contributed by atoms with E-state index in [4.69, 9.17) is 9.47 Å². The Kier molecular flexibility index (Phi) is 12.6. The first kappa shape index (κ1) is 34.5. The van der Waals surface area contributed by atoms with Gasteiger partial charge in [0.2, 0.25) is 5.91 Å². The van der Waals surface area contributed by atoms with Gasteiger partial charge in [-0.1, -0.05) is 53.4 Å². The molecule has 3 rings (SSSR count). The Labute approximate surface area is 261 Å². The van der Waals surface area contributed by atoms with Crippen molar-refractivity contribution in [3.63, 3.8) is 0 Å². The lowest BCUT2D eigenvalue weighted by atomic mass is 9.79. The average molecular weight is 631 g/mol. The molecule has 43 heavy (non-hydrogen) atoms. The Bertz CT molecular complexity index is 1380. The Morgan fingerprint density at radius 2 is 1.72 bits per heavy atom. The molecule has 0 bridgehead atoms. The number of carbonyl (C=O) groups is 2. The molecule has 0 saturated carbocycles. The van der Waals surface area contributed by atoms with E-state index < -0.39 is 21.2 Å². The summed E-state index contributed by atoms with van der Waals surface area (Å²) < 4.78 is 39.2. The summed E-state index contributed by atoms with van der Waals surface area (Å²) in [4.78, 5) is 27.2. The largest absolute Gasteiger partial charge is 0.464 e. The second-order valence-corrected chi connectivity index (χ2v) is 14.2. The summed E-state index contributed by atoms with van der Waals surface area (Å²) in [7, 11) is -3.72. The third kappa shape index (κ3) is 9.01. The predicted octanol–water partition coefficient (Wildman–Crippen LogP) is 7.75. The van der Waals surface area contributed by atoms with Crippen LogP contribution in [-0.2, 0) is 24.2 Å². The quantitative estimate of drug-likeness (QED) is 0.0979. The van der Waals surface area contributed by atoms with E-state index in [0.717, 1.165) is 49.1 Å². The Balaban J connectivity index is 2.17. The van der Waals surface area contributed by atoms with Gasteiger partial charge in [0.05, 0.1) is 40.2 Å². The number of esters is 1. The van der Waals surface area contributed by atoms with Crippen LogP contribution < -0.4 is 15.0 Å². The zero-order valence-corrected chi connectivity index (χ0v) is 27.9. The number of hydrogen-bond donors (Lipinski definition) is 1. The van der Waals surface area contributed by atoms with Gasteiger partial charge in [0.25, 0.3) is 0 Å². The monoisotopic (exact) mass is 630 g/mol. The minimum absolute atomic E-state index is 0.0444. The van der Waals surface area contributed by atoms with E-state index in [0.29, 0.717) is 23.7 Å². The molecule has 0 radical (unpaired) electrons. The van der Waals surface area contributed by atoms with E-state index in [2.05, 4.69) is 24.1 Å². The molecule has 1 N–H and O–H groups in total. The molecule has 0 fully saturated rings. The number of nitrogens with one attached hydrogen (secondary N) is 1. The molecular weight excluding hydrogens is 585 g/mol. The number of sulfone groups is 1. The van der Waals surface area contributed by atoms with Gasteiger partial charge in [-0.2, -0.15) is 0 Å². The van der Waals surface area contributed by atoms with Crippen molar-refractivity contribution < 1.29 is 27.5 Å². The van der Waals surface area contributed by atoms with Gasteiger partial charge < -0.3 is 19.7 Å². The van der Waals surface area contributed by atoms with Gasteiger partial charge in [-0.3, -0.25) is 4.79 Å². The molecule has 0 saturated heterocycles. The maximum absolute atomic E-state index is 14.2. The zero-order chi connectivity index (χ0) is 31.6. The fraction of sp³-hybridized carbons (Fsp3) is 0.515. The molecule has 0 aromatic heterocycles. The smallest absolute Gasteiger partial charge is 0.333 e. The number of benzene rings is 2. The van der Waals surface area contributed by atoms with Crippen LogP contribution in [0.4, 0.5) is 17.1 Å². The lowest BCUT2D eigenvalue weighted by Gasteiger charge is -2.37. The van der Waals surface area contributed by atoms with Gasteiger partial charge in [-0.25, -0.2) is 13.2 Å². The van der Waals surface area contributed by atoms with Crippen LogP contribution in [0.15, 0.2) is 58.5 Å². The number of ether oxygens (including phenoxy) is 2. The van der Waals surface area contributed by atoms with Crippen LogP contribution in [0.3, 0.4) is 0 Å². The van der Waals surface area contributed by atoms with Gasteiger partial charge >= 0.3 is 5.97 Å². The third-order valence-electron chi connectivity index (χ3n) is 7.64. The van der Waals surface area contributed by atoms with E-state index in [1.165, 1.54) is 24.1 Å². The second kappa shape index (κ2) is 15.7. The van der Waals surface area contributed by atoms with Crippen molar-refractivity contribution in [2.24, 2.45) is 11.3 Å². The molecular formula is C33H46N2O6S2. The molecule has 0 unspecified atom stereocenters. The molecule has 0 atom stereocenters. The molecule has 2 aromatic rings. The van der Waals surface area contributed by atoms with Crippen molar-refractivity contribution in [2.45, 2.75) is 82.9 Å². The molecule has 2 aromatic carbocycles. The summed E-state index contributed by atoms with van der Waals surface area (Å²) in [5.74, 6) is -0.342. The summed E-state index contributed by atoms with van der Waals surface area (Å²) in [5, 5.41) is 2.94. The van der Waals surface area contributed by atoms with E-state index in [1.54, 1.807) is 13.0 Å². The number of thioether (sulfide) groups is 1. The van der Waals surface area contributed by atoms with E-state index in [9.17, 15) is 18.0 Å². The first-order valence-corrected chi connectivity index (χ1v) is 18.0. The van der Waals surface area contributed by atoms with E-state index in [1.807, 2.05) is 50.4 Å². The number of rotatable bonds is 14. The summed E-state index contributed by atoms with van der Waals surface area (Å²) in [5.41, 5.74) is 1.69. The number of amides is 1. The minimum Gasteiger partial charge on any atom is -0.464 e. The molecule has 236 valence electrons. The number of nitrogens with zero attached hydrogens (tertiary/aromatic N) is 1. The summed E-state index contributed by atoms with van der Waals surface area (Å²) >= 11 is 1.44. The van der Waals surface area contributed by atoms with Crippen LogP contribution >= 0.6 is 11.8 Å². The minimum atomic E-state index is -3.72. The number of fused-ring (bicyclic) bond motifs is 1. The zero-order valence-electron chi connectivity index (χ0n) is 26.3. The van der Waals surface area contributed by atoms with Crippen LogP contribution in [-0.4, -0.2) is 45.5 Å². The van der Waals surface area contributed by atoms with Crippen molar-refractivity contribution in [3.8, 4) is 5.75 Å². The highest BCUT2D eigenvalue weighted by atomic mass is 32.2. The van der Waals surface area contributed by atoms with E-state index >= 15 is 0 Å². The second-order valence-electron chi connectivity index (χ2n) is 11.4. The van der Waals surface area contributed by atoms with Crippen LogP contribution in [0.1, 0.15) is 73.1 Å². The van der Waals surface area contributed by atoms with Gasteiger partial charge in [-0.05, 0) is 56.4 Å². The summed E-state index contributed by atoms with van der Waals surface area (Å²) in [6, 6.07) is 11.1. The number of carbonyl (C=O) groups excluding carboxylic acids is 2.